The number of halogens is 3. The number of carbonyl (C=O) groups excluding carboxylic acids is 1. The molecule has 0 aliphatic heterocycles. The van der Waals surface area contributed by atoms with Crippen molar-refractivity contribution in [2.24, 2.45) is 0 Å². The second kappa shape index (κ2) is 11.2. The standard InChI is InChI=1S/C25H27F3N4O3/c1-4-31(5-2)13-14-35-22-12-7-6-11-20(22)29-24(34)23-21(33)15-17(3)32(30-23)19-10-8-9-18(16-19)25(26,27)28/h6-12,15-16H,4-5,13-14H2,1-3H3,(H,29,34). The number of aryl methyl sites for hydroxylation is 1. The van der Waals surface area contributed by atoms with Gasteiger partial charge < -0.3 is 15.0 Å². The number of nitrogens with zero attached hydrogens (tertiary/aromatic N) is 3. The molecule has 0 spiro atoms. The fourth-order valence-electron chi connectivity index (χ4n) is 3.48. The largest absolute Gasteiger partial charge is 0.490 e. The van der Waals surface area contributed by atoms with Crippen LogP contribution in [0.2, 0.25) is 0 Å². The highest BCUT2D eigenvalue weighted by molar-refractivity contribution is 6.03. The van der Waals surface area contributed by atoms with Gasteiger partial charge in [0, 0.05) is 18.3 Å². The maximum atomic E-state index is 13.2. The number of rotatable bonds is 9. The van der Waals surface area contributed by atoms with E-state index in [4.69, 9.17) is 4.74 Å². The first-order chi connectivity index (χ1) is 16.6. The Labute approximate surface area is 201 Å². The molecule has 0 saturated carbocycles. The minimum Gasteiger partial charge on any atom is -0.490 e. The van der Waals surface area contributed by atoms with Crippen LogP contribution in [0.15, 0.2) is 59.4 Å². The van der Waals surface area contributed by atoms with E-state index in [0.29, 0.717) is 24.6 Å². The molecule has 1 aromatic heterocycles. The van der Waals surface area contributed by atoms with Crippen LogP contribution in [0, 0.1) is 6.92 Å². The van der Waals surface area contributed by atoms with Gasteiger partial charge in [0.2, 0.25) is 5.43 Å². The zero-order chi connectivity index (χ0) is 25.6. The lowest BCUT2D eigenvalue weighted by atomic mass is 10.2. The first-order valence-corrected chi connectivity index (χ1v) is 11.2. The first kappa shape index (κ1) is 26.0. The van der Waals surface area contributed by atoms with Crippen LogP contribution in [0.5, 0.6) is 5.75 Å². The number of carbonyl (C=O) groups is 1. The molecule has 1 amide bonds. The van der Waals surface area contributed by atoms with Crippen molar-refractivity contribution in [1.29, 1.82) is 0 Å². The predicted molar refractivity (Wildman–Crippen MR) is 127 cm³/mol. The minimum atomic E-state index is -4.54. The molecule has 0 radical (unpaired) electrons. The van der Waals surface area contributed by atoms with Crippen molar-refractivity contribution >= 4 is 11.6 Å². The summed E-state index contributed by atoms with van der Waals surface area (Å²) in [6, 6.07) is 12.4. The summed E-state index contributed by atoms with van der Waals surface area (Å²) in [6.45, 7) is 8.51. The molecular formula is C25H27F3N4O3. The second-order valence-corrected chi connectivity index (χ2v) is 7.78. The number of hydrogen-bond acceptors (Lipinski definition) is 5. The van der Waals surface area contributed by atoms with Gasteiger partial charge in [-0.3, -0.25) is 9.59 Å². The SMILES string of the molecule is CCN(CC)CCOc1ccccc1NC(=O)c1nn(-c2cccc(C(F)(F)F)c2)c(C)cc1=O. The molecule has 3 rings (SSSR count). The summed E-state index contributed by atoms with van der Waals surface area (Å²) in [4.78, 5) is 27.7. The van der Waals surface area contributed by atoms with Gasteiger partial charge in [-0.2, -0.15) is 18.3 Å². The number of nitrogens with one attached hydrogen (secondary N) is 1. The van der Waals surface area contributed by atoms with Crippen LogP contribution >= 0.6 is 0 Å². The molecule has 3 aromatic rings. The predicted octanol–water partition coefficient (Wildman–Crippen LogP) is 4.53. The minimum absolute atomic E-state index is 0.0755. The summed E-state index contributed by atoms with van der Waals surface area (Å²) in [5.74, 6) is -0.367. The summed E-state index contributed by atoms with van der Waals surface area (Å²) >= 11 is 0. The van der Waals surface area contributed by atoms with Crippen molar-refractivity contribution in [3.63, 3.8) is 0 Å². The molecule has 0 atom stereocenters. The first-order valence-electron chi connectivity index (χ1n) is 11.2. The lowest BCUT2D eigenvalue weighted by Crippen LogP contribution is -2.28. The Morgan fingerprint density at radius 1 is 1.09 bits per heavy atom. The Balaban J connectivity index is 1.86. The van der Waals surface area contributed by atoms with Crippen molar-refractivity contribution in [3.05, 3.63) is 81.8 Å². The van der Waals surface area contributed by atoms with Crippen molar-refractivity contribution < 1.29 is 22.7 Å². The zero-order valence-corrected chi connectivity index (χ0v) is 19.7. The quantitative estimate of drug-likeness (QED) is 0.479. The van der Waals surface area contributed by atoms with Gasteiger partial charge in [-0.1, -0.05) is 32.0 Å². The van der Waals surface area contributed by atoms with Crippen LogP contribution in [0.1, 0.15) is 35.6 Å². The Morgan fingerprint density at radius 3 is 2.49 bits per heavy atom. The number of amides is 1. The molecule has 0 unspecified atom stereocenters. The molecular weight excluding hydrogens is 461 g/mol. The summed E-state index contributed by atoms with van der Waals surface area (Å²) in [7, 11) is 0. The van der Waals surface area contributed by atoms with E-state index >= 15 is 0 Å². The molecule has 0 bridgehead atoms. The molecule has 0 fully saturated rings. The topological polar surface area (TPSA) is 76.5 Å². The molecule has 10 heteroatoms. The second-order valence-electron chi connectivity index (χ2n) is 7.78. The number of aromatic nitrogens is 2. The van der Waals surface area contributed by atoms with E-state index in [1.165, 1.54) is 19.1 Å². The van der Waals surface area contributed by atoms with Crippen molar-refractivity contribution in [2.45, 2.75) is 26.9 Å². The molecule has 0 saturated heterocycles. The molecule has 35 heavy (non-hydrogen) atoms. The van der Waals surface area contributed by atoms with Gasteiger partial charge >= 0.3 is 6.18 Å². The average molecular weight is 489 g/mol. The van der Waals surface area contributed by atoms with Gasteiger partial charge in [0.25, 0.3) is 5.91 Å². The smallest absolute Gasteiger partial charge is 0.416 e. The summed E-state index contributed by atoms with van der Waals surface area (Å²) in [5.41, 5.74) is -1.26. The summed E-state index contributed by atoms with van der Waals surface area (Å²) in [6.07, 6.45) is -4.54. The van der Waals surface area contributed by atoms with Crippen LogP contribution in [0.3, 0.4) is 0 Å². The number of alkyl halides is 3. The van der Waals surface area contributed by atoms with Gasteiger partial charge in [-0.05, 0) is 50.3 Å². The number of likely N-dealkylation sites (N-methyl/N-ethyl adjacent to an activating group) is 1. The van der Waals surface area contributed by atoms with Gasteiger partial charge in [0.05, 0.1) is 16.9 Å². The van der Waals surface area contributed by atoms with Crippen molar-refractivity contribution in [1.82, 2.24) is 14.7 Å². The number of para-hydroxylation sites is 2. The van der Waals surface area contributed by atoms with E-state index in [2.05, 4.69) is 29.2 Å². The van der Waals surface area contributed by atoms with Gasteiger partial charge in [0.15, 0.2) is 5.69 Å². The maximum absolute atomic E-state index is 13.2. The fourth-order valence-corrected chi connectivity index (χ4v) is 3.48. The van der Waals surface area contributed by atoms with Gasteiger partial charge in [-0.15, -0.1) is 0 Å². The van der Waals surface area contributed by atoms with Gasteiger partial charge in [0.1, 0.15) is 12.4 Å². The molecule has 1 N–H and O–H groups in total. The third kappa shape index (κ3) is 6.48. The highest BCUT2D eigenvalue weighted by Crippen LogP contribution is 2.30. The van der Waals surface area contributed by atoms with Crippen LogP contribution in [-0.4, -0.2) is 46.8 Å². The summed E-state index contributed by atoms with van der Waals surface area (Å²) < 4.78 is 46.4. The summed E-state index contributed by atoms with van der Waals surface area (Å²) in [5, 5.41) is 6.71. The number of ether oxygens (including phenoxy) is 1. The third-order valence-corrected chi connectivity index (χ3v) is 5.44. The monoisotopic (exact) mass is 488 g/mol. The highest BCUT2D eigenvalue weighted by atomic mass is 19.4. The highest BCUT2D eigenvalue weighted by Gasteiger charge is 2.30. The Bertz CT molecular complexity index is 1240. The van der Waals surface area contributed by atoms with E-state index in [1.807, 2.05) is 0 Å². The van der Waals surface area contributed by atoms with Crippen LogP contribution < -0.4 is 15.5 Å². The lowest BCUT2D eigenvalue weighted by molar-refractivity contribution is -0.137. The Kier molecular flexibility index (Phi) is 8.29. The van der Waals surface area contributed by atoms with Crippen LogP contribution in [0.4, 0.5) is 18.9 Å². The fraction of sp³-hybridized carbons (Fsp3) is 0.320. The molecule has 0 aliphatic rings. The third-order valence-electron chi connectivity index (χ3n) is 5.44. The molecule has 0 aliphatic carbocycles. The Hall–Kier alpha value is -3.66. The molecule has 1 heterocycles. The van der Waals surface area contributed by atoms with Gasteiger partial charge in [-0.25, -0.2) is 4.68 Å². The van der Waals surface area contributed by atoms with Crippen LogP contribution in [0.25, 0.3) is 5.69 Å². The van der Waals surface area contributed by atoms with E-state index in [-0.39, 0.29) is 11.4 Å². The van der Waals surface area contributed by atoms with Crippen molar-refractivity contribution in [3.8, 4) is 11.4 Å². The molecule has 186 valence electrons. The zero-order valence-electron chi connectivity index (χ0n) is 19.7. The van der Waals surface area contributed by atoms with E-state index in [1.54, 1.807) is 24.3 Å². The van der Waals surface area contributed by atoms with Crippen molar-refractivity contribution in [2.75, 3.05) is 31.6 Å². The maximum Gasteiger partial charge on any atom is 0.416 e. The Morgan fingerprint density at radius 2 is 1.80 bits per heavy atom. The number of hydrogen-bond donors (Lipinski definition) is 1. The molecule has 7 nitrogen and oxygen atoms in total. The number of anilines is 1. The lowest BCUT2D eigenvalue weighted by Gasteiger charge is -2.19. The van der Waals surface area contributed by atoms with Crippen LogP contribution in [-0.2, 0) is 6.18 Å². The molecule has 2 aromatic carbocycles. The number of benzene rings is 2. The normalized spacial score (nSPS) is 11.5. The van der Waals surface area contributed by atoms with E-state index in [0.717, 1.165) is 36.0 Å². The van der Waals surface area contributed by atoms with E-state index in [9.17, 15) is 22.8 Å². The van der Waals surface area contributed by atoms with E-state index < -0.39 is 28.8 Å². The average Bonchev–Trinajstić information content (AvgIpc) is 2.82.